The molecule has 0 N–H and O–H groups in total. The number of hydrazone groups is 1. The number of amides is 1. The predicted octanol–water partition coefficient (Wildman–Crippen LogP) is 6.92. The molecule has 0 aliphatic heterocycles. The minimum absolute atomic E-state index is 0.315. The van der Waals surface area contributed by atoms with Crippen molar-refractivity contribution < 1.29 is 9.53 Å². The fourth-order valence-electron chi connectivity index (χ4n) is 3.03. The van der Waals surface area contributed by atoms with E-state index in [4.69, 9.17) is 16.3 Å². The quantitative estimate of drug-likeness (QED) is 0.201. The Morgan fingerprint density at radius 3 is 2.77 bits per heavy atom. The topological polar surface area (TPSA) is 54.8 Å². The summed E-state index contributed by atoms with van der Waals surface area (Å²) in [6.45, 7) is 0. The van der Waals surface area contributed by atoms with Crippen molar-refractivity contribution in [3.05, 3.63) is 74.8 Å². The number of rotatable bonds is 5. The fourth-order valence-corrected chi connectivity index (χ4v) is 5.99. The van der Waals surface area contributed by atoms with Gasteiger partial charge in [-0.15, -0.1) is 22.7 Å². The average molecular weight is 484 g/mol. The van der Waals surface area contributed by atoms with Gasteiger partial charge in [0, 0.05) is 15.0 Å². The van der Waals surface area contributed by atoms with Gasteiger partial charge in [0.1, 0.15) is 10.6 Å². The summed E-state index contributed by atoms with van der Waals surface area (Å²) in [5.41, 5.74) is 0.771. The molecule has 0 unspecified atom stereocenters. The second-order valence-electron chi connectivity index (χ2n) is 6.45. The molecule has 31 heavy (non-hydrogen) atoms. The summed E-state index contributed by atoms with van der Waals surface area (Å²) >= 11 is 10.8. The Labute approximate surface area is 194 Å². The van der Waals surface area contributed by atoms with Crippen molar-refractivity contribution >= 4 is 83.2 Å². The molecule has 5 aromatic rings. The van der Waals surface area contributed by atoms with Crippen molar-refractivity contribution in [2.45, 2.75) is 0 Å². The normalized spacial score (nSPS) is 11.5. The van der Waals surface area contributed by atoms with Gasteiger partial charge in [0.25, 0.3) is 5.91 Å². The lowest BCUT2D eigenvalue weighted by atomic mass is 10.2. The Morgan fingerprint density at radius 2 is 2.00 bits per heavy atom. The van der Waals surface area contributed by atoms with Gasteiger partial charge in [0.2, 0.25) is 5.13 Å². The lowest BCUT2D eigenvalue weighted by Gasteiger charge is -2.12. The third-order valence-corrected chi connectivity index (χ3v) is 7.99. The monoisotopic (exact) mass is 483 g/mol. The van der Waals surface area contributed by atoms with Gasteiger partial charge in [-0.05, 0) is 35.7 Å². The van der Waals surface area contributed by atoms with E-state index < -0.39 is 0 Å². The number of thiazole rings is 1. The molecule has 0 fully saturated rings. The SMILES string of the molecule is COc1ccc2nc(N(/N=C/c3cccs3)C(=O)c3sc4ccccc4c3Cl)sc2c1. The molecule has 3 heterocycles. The van der Waals surface area contributed by atoms with Gasteiger partial charge in [-0.2, -0.15) is 10.1 Å². The molecule has 0 atom stereocenters. The molecule has 5 rings (SSSR count). The van der Waals surface area contributed by atoms with Crippen LogP contribution in [0.5, 0.6) is 5.75 Å². The van der Waals surface area contributed by atoms with E-state index >= 15 is 0 Å². The number of carbonyl (C=O) groups excluding carboxylic acids is 1. The van der Waals surface area contributed by atoms with E-state index in [9.17, 15) is 4.79 Å². The molecule has 3 aromatic heterocycles. The van der Waals surface area contributed by atoms with Crippen molar-refractivity contribution in [3.8, 4) is 5.75 Å². The highest BCUT2D eigenvalue weighted by molar-refractivity contribution is 7.23. The number of benzene rings is 2. The first-order valence-corrected chi connectivity index (χ1v) is 12.1. The van der Waals surface area contributed by atoms with Gasteiger partial charge in [-0.3, -0.25) is 4.79 Å². The van der Waals surface area contributed by atoms with Crippen molar-refractivity contribution in [1.82, 2.24) is 4.98 Å². The summed E-state index contributed by atoms with van der Waals surface area (Å²) in [4.78, 5) is 19.6. The number of carbonyl (C=O) groups is 1. The van der Waals surface area contributed by atoms with Gasteiger partial charge in [0.05, 0.1) is 28.6 Å². The number of nitrogens with zero attached hydrogens (tertiary/aromatic N) is 3. The third kappa shape index (κ3) is 3.83. The number of aromatic nitrogens is 1. The van der Waals surface area contributed by atoms with Crippen LogP contribution in [0.2, 0.25) is 5.02 Å². The molecule has 0 spiro atoms. The molecule has 1 amide bonds. The number of thiophene rings is 2. The maximum Gasteiger partial charge on any atom is 0.292 e. The summed E-state index contributed by atoms with van der Waals surface area (Å²) in [6.07, 6.45) is 1.66. The summed E-state index contributed by atoms with van der Waals surface area (Å²) in [5, 5.41) is 9.54. The number of hydrogen-bond donors (Lipinski definition) is 0. The van der Waals surface area contributed by atoms with Crippen molar-refractivity contribution in [3.63, 3.8) is 0 Å². The van der Waals surface area contributed by atoms with Gasteiger partial charge >= 0.3 is 0 Å². The summed E-state index contributed by atoms with van der Waals surface area (Å²) in [7, 11) is 1.62. The average Bonchev–Trinajstić information content (AvgIpc) is 3.52. The Kier molecular flexibility index (Phi) is 5.45. The maximum atomic E-state index is 13.6. The number of anilines is 1. The smallest absolute Gasteiger partial charge is 0.292 e. The molecule has 0 bridgehead atoms. The molecule has 0 aliphatic rings. The highest BCUT2D eigenvalue weighted by Gasteiger charge is 2.26. The predicted molar refractivity (Wildman–Crippen MR) is 132 cm³/mol. The van der Waals surface area contributed by atoms with Crippen LogP contribution in [0.3, 0.4) is 0 Å². The molecule has 0 saturated heterocycles. The van der Waals surface area contributed by atoms with Crippen molar-refractivity contribution in [1.29, 1.82) is 0 Å². The number of halogens is 1. The molecule has 0 radical (unpaired) electrons. The third-order valence-electron chi connectivity index (χ3n) is 4.53. The first-order chi connectivity index (χ1) is 15.1. The number of ether oxygens (including phenoxy) is 1. The number of methoxy groups -OCH3 is 1. The van der Waals surface area contributed by atoms with E-state index in [2.05, 4.69) is 10.1 Å². The van der Waals surface area contributed by atoms with E-state index in [1.807, 2.05) is 60.0 Å². The van der Waals surface area contributed by atoms with Crippen molar-refractivity contribution in [2.24, 2.45) is 5.10 Å². The maximum absolute atomic E-state index is 13.6. The molecule has 9 heteroatoms. The van der Waals surface area contributed by atoms with Crippen LogP contribution in [0.15, 0.2) is 65.1 Å². The second kappa shape index (κ2) is 8.39. The van der Waals surface area contributed by atoms with Crippen LogP contribution >= 0.6 is 45.6 Å². The number of fused-ring (bicyclic) bond motifs is 2. The first kappa shape index (κ1) is 20.1. The zero-order chi connectivity index (χ0) is 21.4. The van der Waals surface area contributed by atoms with Gasteiger partial charge in [-0.1, -0.05) is 47.2 Å². The molecule has 0 aliphatic carbocycles. The Morgan fingerprint density at radius 1 is 1.13 bits per heavy atom. The standard InChI is InChI=1S/C22H14ClN3O2S3/c1-28-13-8-9-16-18(11-13)31-22(25-16)26(24-12-14-5-4-10-29-14)21(27)20-19(23)15-6-2-3-7-17(15)30-20/h2-12H,1H3/b24-12+. The molecule has 2 aromatic carbocycles. The largest absolute Gasteiger partial charge is 0.497 e. The Balaban J connectivity index is 1.61. The molecular weight excluding hydrogens is 470 g/mol. The minimum Gasteiger partial charge on any atom is -0.497 e. The van der Waals surface area contributed by atoms with Crippen LogP contribution in [0, 0.1) is 0 Å². The van der Waals surface area contributed by atoms with Crippen LogP contribution in [0.4, 0.5) is 5.13 Å². The van der Waals surface area contributed by atoms with Gasteiger partial charge < -0.3 is 4.74 Å². The van der Waals surface area contributed by atoms with Crippen LogP contribution in [0.25, 0.3) is 20.3 Å². The molecule has 5 nitrogen and oxygen atoms in total. The van der Waals surface area contributed by atoms with Crippen molar-refractivity contribution in [2.75, 3.05) is 12.1 Å². The first-order valence-electron chi connectivity index (χ1n) is 9.17. The highest BCUT2D eigenvalue weighted by Crippen LogP contribution is 2.38. The fraction of sp³-hybridized carbons (Fsp3) is 0.0455. The highest BCUT2D eigenvalue weighted by atomic mass is 35.5. The molecule has 154 valence electrons. The van der Waals surface area contributed by atoms with E-state index in [0.29, 0.717) is 15.0 Å². The zero-order valence-corrected chi connectivity index (χ0v) is 19.3. The second-order valence-corrected chi connectivity index (χ2v) is 9.87. The Hall–Kier alpha value is -2.78. The Bertz CT molecular complexity index is 1420. The number of hydrogen-bond acceptors (Lipinski definition) is 7. The lowest BCUT2D eigenvalue weighted by molar-refractivity contribution is 0.0992. The van der Waals surface area contributed by atoms with E-state index in [1.165, 1.54) is 27.7 Å². The summed E-state index contributed by atoms with van der Waals surface area (Å²) < 4.78 is 7.16. The minimum atomic E-state index is -0.315. The van der Waals surface area contributed by atoms with Gasteiger partial charge in [0.15, 0.2) is 0 Å². The van der Waals surface area contributed by atoms with Crippen LogP contribution in [0.1, 0.15) is 14.5 Å². The zero-order valence-electron chi connectivity index (χ0n) is 16.1. The van der Waals surface area contributed by atoms with E-state index in [-0.39, 0.29) is 5.91 Å². The molecular formula is C22H14ClN3O2S3. The lowest BCUT2D eigenvalue weighted by Crippen LogP contribution is -2.25. The van der Waals surface area contributed by atoms with Gasteiger partial charge in [-0.25, -0.2) is 4.98 Å². The van der Waals surface area contributed by atoms with E-state index in [0.717, 1.165) is 30.9 Å². The summed E-state index contributed by atoms with van der Waals surface area (Å²) in [5.74, 6) is 0.417. The summed E-state index contributed by atoms with van der Waals surface area (Å²) in [6, 6.07) is 17.2. The van der Waals surface area contributed by atoms with Crippen LogP contribution in [-0.2, 0) is 0 Å². The van der Waals surface area contributed by atoms with Crippen LogP contribution in [-0.4, -0.2) is 24.2 Å². The molecule has 0 saturated carbocycles. The van der Waals surface area contributed by atoms with Crippen LogP contribution < -0.4 is 9.75 Å². The van der Waals surface area contributed by atoms with E-state index in [1.54, 1.807) is 24.7 Å².